The molecule has 2 fully saturated rings. The van der Waals surface area contributed by atoms with Gasteiger partial charge in [-0.05, 0) is 124 Å². The molecule has 0 aliphatic carbocycles. The van der Waals surface area contributed by atoms with Crippen LogP contribution in [0.25, 0.3) is 33.3 Å². The molecule has 4 aromatic rings. The van der Waals surface area contributed by atoms with E-state index in [1.165, 1.54) is 9.91 Å². The van der Waals surface area contributed by atoms with Crippen LogP contribution in [0.4, 0.5) is 0 Å². The van der Waals surface area contributed by atoms with E-state index in [0.717, 1.165) is 45.5 Å². The van der Waals surface area contributed by atoms with Gasteiger partial charge < -0.3 is 43.9 Å². The molecule has 3 N–H and O–H groups in total. The molecule has 17 heteroatoms. The molecule has 3 aliphatic rings. The summed E-state index contributed by atoms with van der Waals surface area (Å²) in [5, 5.41) is 16.8. The highest BCUT2D eigenvalue weighted by Crippen LogP contribution is 2.42. The molecule has 7 rings (SSSR count). The Bertz CT molecular complexity index is 2760. The number of nitrogens with one attached hydrogen (secondary N) is 2. The second-order valence-corrected chi connectivity index (χ2v) is 21.4. The van der Waals surface area contributed by atoms with E-state index in [-0.39, 0.29) is 55.7 Å². The number of esters is 1. The van der Waals surface area contributed by atoms with Gasteiger partial charge in [0.1, 0.15) is 23.9 Å². The Morgan fingerprint density at radius 2 is 1.81 bits per heavy atom. The Hall–Kier alpha value is -6.32. The molecule has 4 amide bonds. The lowest BCUT2D eigenvalue weighted by atomic mass is 9.84. The molecule has 0 spiro atoms. The third-order valence-electron chi connectivity index (χ3n) is 14.4. The van der Waals surface area contributed by atoms with Gasteiger partial charge in [0.2, 0.25) is 11.8 Å². The van der Waals surface area contributed by atoms with Gasteiger partial charge in [0, 0.05) is 87.8 Å². The van der Waals surface area contributed by atoms with Crippen molar-refractivity contribution in [1.82, 2.24) is 40.0 Å². The number of amides is 4. The van der Waals surface area contributed by atoms with Crippen molar-refractivity contribution < 1.29 is 43.3 Å². The first kappa shape index (κ1) is 55.4. The molecular weight excluding hydrogens is 941 g/mol. The number of benzene rings is 2. The zero-order valence-corrected chi connectivity index (χ0v) is 45.0. The first-order chi connectivity index (χ1) is 35.3. The second-order valence-electron chi connectivity index (χ2n) is 21.4. The highest BCUT2D eigenvalue weighted by Gasteiger charge is 2.40. The predicted octanol–water partition coefficient (Wildman–Crippen LogP) is 5.75. The van der Waals surface area contributed by atoms with Gasteiger partial charge in [0.15, 0.2) is 0 Å². The van der Waals surface area contributed by atoms with Crippen LogP contribution in [-0.4, -0.2) is 156 Å². The van der Waals surface area contributed by atoms with Crippen molar-refractivity contribution in [1.29, 1.82) is 0 Å². The summed E-state index contributed by atoms with van der Waals surface area (Å²) in [5.74, 6) is 2.46. The molecule has 6 bridgehead atoms. The number of aromatic nitrogens is 2. The van der Waals surface area contributed by atoms with Crippen LogP contribution in [0.5, 0.6) is 5.75 Å². The summed E-state index contributed by atoms with van der Waals surface area (Å²) in [4.78, 5) is 80.6. The van der Waals surface area contributed by atoms with Crippen LogP contribution in [0, 0.1) is 29.1 Å². The molecule has 398 valence electrons. The van der Waals surface area contributed by atoms with Gasteiger partial charge in [-0.1, -0.05) is 45.7 Å². The molecule has 74 heavy (non-hydrogen) atoms. The summed E-state index contributed by atoms with van der Waals surface area (Å²) in [6.07, 6.45) is 3.75. The molecule has 17 nitrogen and oxygen atoms in total. The Balaban J connectivity index is 1.20. The summed E-state index contributed by atoms with van der Waals surface area (Å²) in [7, 11) is 7.19. The van der Waals surface area contributed by atoms with E-state index >= 15 is 0 Å². The topological polar surface area (TPSA) is 188 Å². The number of rotatable bonds is 14. The van der Waals surface area contributed by atoms with Crippen molar-refractivity contribution in [2.75, 3.05) is 74.3 Å². The van der Waals surface area contributed by atoms with Gasteiger partial charge in [0.25, 0.3) is 11.8 Å². The zero-order valence-electron chi connectivity index (χ0n) is 45.0. The standard InChI is InChI=1S/C57H76N8O9/c1-11-64-48-20-19-39-32-44(48)45(52(64)43-16-14-22-58-50(43)37(4)72-10)33-57(5,6)35-74-56(71)46-17-15-23-65(60-46)55(70)47(30-38-28-41(39)31-42(66)29-38)59-53(68)51(36(2)3)62(9)54(69)40-21-24-63(34-40)49(67)18-12-13-26-73-27-25-61(7)8/h14,16,19-20,22,28-29,31-32,36-37,40,46-47,51,60,66H,11,13,15,17,21,23-27,30,33-35H2,1-10H3,(H,59,68)/t37-,40-,46-,47-,51-/m0/s1. The van der Waals surface area contributed by atoms with Crippen molar-refractivity contribution in [3.8, 4) is 40.0 Å². The van der Waals surface area contributed by atoms with Crippen LogP contribution in [0.15, 0.2) is 54.7 Å². The van der Waals surface area contributed by atoms with E-state index in [2.05, 4.69) is 66.1 Å². The predicted molar refractivity (Wildman–Crippen MR) is 283 cm³/mol. The van der Waals surface area contributed by atoms with Gasteiger partial charge in [0.05, 0.1) is 43.2 Å². The summed E-state index contributed by atoms with van der Waals surface area (Å²) >= 11 is 0. The number of carbonyl (C=O) groups is 5. The number of likely N-dealkylation sites (tertiary alicyclic amines) is 1. The highest BCUT2D eigenvalue weighted by atomic mass is 16.5. The van der Waals surface area contributed by atoms with Crippen LogP contribution >= 0.6 is 0 Å². The Morgan fingerprint density at radius 1 is 1.03 bits per heavy atom. The monoisotopic (exact) mass is 1020 g/mol. The number of carbonyl (C=O) groups excluding carboxylic acids is 5. The van der Waals surface area contributed by atoms with Crippen molar-refractivity contribution in [3.63, 3.8) is 0 Å². The highest BCUT2D eigenvalue weighted by molar-refractivity contribution is 5.97. The molecule has 0 radical (unpaired) electrons. The molecule has 0 saturated carbocycles. The smallest absolute Gasteiger partial charge is 0.324 e. The fraction of sp³-hybridized carbons (Fsp3) is 0.544. The first-order valence-corrected chi connectivity index (χ1v) is 26.1. The lowest BCUT2D eigenvalue weighted by molar-refractivity contribution is -0.155. The molecule has 2 aromatic carbocycles. The van der Waals surface area contributed by atoms with E-state index in [1.807, 2.05) is 58.0 Å². The number of phenols is 1. The maximum absolute atomic E-state index is 14.8. The van der Waals surface area contributed by atoms with E-state index in [9.17, 15) is 29.1 Å². The second kappa shape index (κ2) is 24.4. The first-order valence-electron chi connectivity index (χ1n) is 26.1. The van der Waals surface area contributed by atoms with Gasteiger partial charge in [-0.25, -0.2) is 5.43 Å². The minimum atomic E-state index is -1.18. The number of methoxy groups -OCH3 is 1. The van der Waals surface area contributed by atoms with Crippen molar-refractivity contribution in [2.24, 2.45) is 17.3 Å². The molecule has 3 aliphatic heterocycles. The zero-order chi connectivity index (χ0) is 53.4. The maximum atomic E-state index is 14.8. The molecule has 5 heterocycles. The molecule has 2 aromatic heterocycles. The summed E-state index contributed by atoms with van der Waals surface area (Å²) in [6.45, 7) is 15.2. The fourth-order valence-corrected chi connectivity index (χ4v) is 10.5. The minimum absolute atomic E-state index is 0.0183. The Labute approximate surface area is 436 Å². The third kappa shape index (κ3) is 12.9. The van der Waals surface area contributed by atoms with Crippen molar-refractivity contribution >= 4 is 40.5 Å². The summed E-state index contributed by atoms with van der Waals surface area (Å²) in [6, 6.07) is 12.4. The number of nitrogens with zero attached hydrogens (tertiary/aromatic N) is 6. The summed E-state index contributed by atoms with van der Waals surface area (Å²) in [5.41, 5.74) is 9.49. The number of hydrogen-bond acceptors (Lipinski definition) is 12. The van der Waals surface area contributed by atoms with Crippen LogP contribution in [-0.2, 0) is 57.6 Å². The number of aromatic hydroxyl groups is 1. The van der Waals surface area contributed by atoms with E-state index in [0.29, 0.717) is 69.5 Å². The molecule has 0 unspecified atom stereocenters. The lowest BCUT2D eigenvalue weighted by Crippen LogP contribution is -2.62. The number of pyridine rings is 1. The number of ether oxygens (including phenoxy) is 3. The Kier molecular flexibility index (Phi) is 18.2. The van der Waals surface area contributed by atoms with E-state index in [1.54, 1.807) is 37.4 Å². The molecular formula is C57H76N8O9. The quantitative estimate of drug-likeness (QED) is 0.0790. The number of cyclic esters (lactones) is 1. The fourth-order valence-electron chi connectivity index (χ4n) is 10.5. The van der Waals surface area contributed by atoms with Crippen LogP contribution < -0.4 is 10.7 Å². The average Bonchev–Trinajstić information content (AvgIpc) is 3.99. The maximum Gasteiger partial charge on any atom is 0.324 e. The number of hydrogen-bond donors (Lipinski definition) is 3. The van der Waals surface area contributed by atoms with Crippen molar-refractivity contribution in [2.45, 2.75) is 111 Å². The normalized spacial score (nSPS) is 19.9. The van der Waals surface area contributed by atoms with E-state index < -0.39 is 47.2 Å². The van der Waals surface area contributed by atoms with Gasteiger partial charge in [-0.15, -0.1) is 0 Å². The van der Waals surface area contributed by atoms with E-state index in [4.69, 9.17) is 19.2 Å². The summed E-state index contributed by atoms with van der Waals surface area (Å²) < 4.78 is 19.8. The number of aryl methyl sites for hydroxylation is 1. The molecule has 2 saturated heterocycles. The van der Waals surface area contributed by atoms with Crippen molar-refractivity contribution in [3.05, 3.63) is 71.5 Å². The van der Waals surface area contributed by atoms with Gasteiger partial charge in [-0.2, -0.15) is 0 Å². The van der Waals surface area contributed by atoms with Gasteiger partial charge in [-0.3, -0.25) is 34.0 Å². The third-order valence-corrected chi connectivity index (χ3v) is 14.4. The van der Waals surface area contributed by atoms with Gasteiger partial charge >= 0.3 is 5.97 Å². The molecule has 5 atom stereocenters. The number of phenolic OH excluding ortho intramolecular Hbond substituents is 1. The van der Waals surface area contributed by atoms with Crippen LogP contribution in [0.1, 0.15) is 90.2 Å². The largest absolute Gasteiger partial charge is 0.508 e. The number of hydrazine groups is 1. The number of fused-ring (bicyclic) bond motifs is 6. The number of likely N-dealkylation sites (N-methyl/N-ethyl adjacent to an activating group) is 2. The SMILES string of the molecule is CCn1c(-c2cccnc2[C@H](C)OC)c2c3cc(ccc31)-c1cc(O)cc(c1)C[C@H](NC(=O)[C@H](C(C)C)N(C)C(=O)[C@H]1CCN(C(=O)C#CCCOCCN(C)C)C1)C(=O)N1CCC[C@H](N1)C(=O)OCC(C)(C)C2. The van der Waals surface area contributed by atoms with Crippen LogP contribution in [0.3, 0.4) is 0 Å². The Morgan fingerprint density at radius 3 is 2.54 bits per heavy atom. The minimum Gasteiger partial charge on any atom is -0.508 e. The average molecular weight is 1020 g/mol. The lowest BCUT2D eigenvalue weighted by Gasteiger charge is -2.37. The van der Waals surface area contributed by atoms with Crippen LogP contribution in [0.2, 0.25) is 0 Å².